The minimum absolute atomic E-state index is 0.154. The Balaban J connectivity index is 1.79. The molecule has 0 bridgehead atoms. The molecule has 3 rings (SSSR count). The lowest BCUT2D eigenvalue weighted by molar-refractivity contribution is 0.101. The van der Waals surface area contributed by atoms with E-state index < -0.39 is 0 Å². The predicted molar refractivity (Wildman–Crippen MR) is 61.7 cm³/mol. The maximum atomic E-state index is 12.0. The minimum Gasteiger partial charge on any atom is -0.340 e. The summed E-state index contributed by atoms with van der Waals surface area (Å²) in [6, 6.07) is 4.19. The van der Waals surface area contributed by atoms with Crippen LogP contribution in [0, 0.1) is 0 Å². The monoisotopic (exact) mass is 231 g/mol. The van der Waals surface area contributed by atoms with E-state index in [9.17, 15) is 4.79 Å². The van der Waals surface area contributed by atoms with Gasteiger partial charge in [-0.2, -0.15) is 10.1 Å². The van der Waals surface area contributed by atoms with E-state index in [2.05, 4.69) is 20.5 Å². The van der Waals surface area contributed by atoms with E-state index in [1.807, 2.05) is 22.9 Å². The van der Waals surface area contributed by atoms with Crippen LogP contribution in [0.15, 0.2) is 24.7 Å². The van der Waals surface area contributed by atoms with Gasteiger partial charge in [-0.25, -0.2) is 5.10 Å². The zero-order valence-electron chi connectivity index (χ0n) is 9.26. The van der Waals surface area contributed by atoms with Crippen LogP contribution in [0.2, 0.25) is 0 Å². The molecule has 1 amide bonds. The summed E-state index contributed by atoms with van der Waals surface area (Å²) in [7, 11) is 0. The van der Waals surface area contributed by atoms with Gasteiger partial charge in [-0.05, 0) is 31.4 Å². The molecule has 0 aromatic carbocycles. The number of nitrogens with zero attached hydrogens (tertiary/aromatic N) is 3. The summed E-state index contributed by atoms with van der Waals surface area (Å²) in [4.78, 5) is 15.9. The van der Waals surface area contributed by atoms with Gasteiger partial charge in [-0.3, -0.25) is 10.1 Å². The molecule has 0 radical (unpaired) electrons. The van der Waals surface area contributed by atoms with Crippen LogP contribution in [0.5, 0.6) is 0 Å². The number of hydrogen-bond donors (Lipinski definition) is 2. The molecule has 1 fully saturated rings. The fourth-order valence-corrected chi connectivity index (χ4v) is 2.01. The van der Waals surface area contributed by atoms with Gasteiger partial charge in [-0.1, -0.05) is 0 Å². The molecule has 2 aromatic rings. The molecule has 6 heteroatoms. The number of amides is 1. The molecule has 0 spiro atoms. The number of rotatable bonds is 3. The van der Waals surface area contributed by atoms with Crippen molar-refractivity contribution in [2.45, 2.75) is 25.3 Å². The SMILES string of the molecule is O=C(Nc1ncn[nH]1)c1cccn1C1CCC1. The van der Waals surface area contributed by atoms with Crippen LogP contribution < -0.4 is 5.32 Å². The van der Waals surface area contributed by atoms with Gasteiger partial charge in [0.05, 0.1) is 0 Å². The highest BCUT2D eigenvalue weighted by Crippen LogP contribution is 2.32. The van der Waals surface area contributed by atoms with Crippen LogP contribution in [0.4, 0.5) is 5.95 Å². The summed E-state index contributed by atoms with van der Waals surface area (Å²) in [5, 5.41) is 8.97. The van der Waals surface area contributed by atoms with E-state index in [-0.39, 0.29) is 5.91 Å². The highest BCUT2D eigenvalue weighted by Gasteiger charge is 2.23. The molecule has 6 nitrogen and oxygen atoms in total. The normalized spacial score (nSPS) is 15.5. The van der Waals surface area contributed by atoms with Crippen molar-refractivity contribution in [2.24, 2.45) is 0 Å². The van der Waals surface area contributed by atoms with E-state index >= 15 is 0 Å². The summed E-state index contributed by atoms with van der Waals surface area (Å²) in [5.41, 5.74) is 0.672. The van der Waals surface area contributed by atoms with Crippen molar-refractivity contribution < 1.29 is 4.79 Å². The Bertz CT molecular complexity index is 512. The molecule has 88 valence electrons. The molecule has 17 heavy (non-hydrogen) atoms. The Morgan fingerprint density at radius 1 is 1.53 bits per heavy atom. The third-order valence-corrected chi connectivity index (χ3v) is 3.13. The standard InChI is InChI=1S/C11H13N5O/c17-10(14-11-12-7-13-15-11)9-5-2-6-16(9)8-3-1-4-8/h2,5-8H,1,3-4H2,(H2,12,13,14,15,17). The van der Waals surface area contributed by atoms with Crippen molar-refractivity contribution in [1.82, 2.24) is 19.7 Å². The van der Waals surface area contributed by atoms with E-state index in [4.69, 9.17) is 0 Å². The second-order valence-corrected chi connectivity index (χ2v) is 4.17. The Labute approximate surface area is 98.1 Å². The fraction of sp³-hybridized carbons (Fsp3) is 0.364. The molecule has 1 aliphatic carbocycles. The van der Waals surface area contributed by atoms with Crippen LogP contribution >= 0.6 is 0 Å². The summed E-state index contributed by atoms with van der Waals surface area (Å²) in [5.74, 6) is 0.218. The number of carbonyl (C=O) groups excluding carboxylic acids is 1. The van der Waals surface area contributed by atoms with E-state index in [1.165, 1.54) is 12.7 Å². The summed E-state index contributed by atoms with van der Waals surface area (Å²) in [6.45, 7) is 0. The van der Waals surface area contributed by atoms with Gasteiger partial charge >= 0.3 is 0 Å². The second kappa shape index (κ2) is 4.04. The van der Waals surface area contributed by atoms with Gasteiger partial charge in [0.1, 0.15) is 12.0 Å². The first-order valence-corrected chi connectivity index (χ1v) is 5.68. The number of aromatic nitrogens is 4. The fourth-order valence-electron chi connectivity index (χ4n) is 2.01. The van der Waals surface area contributed by atoms with E-state index in [0.717, 1.165) is 12.8 Å². The van der Waals surface area contributed by atoms with Crippen molar-refractivity contribution in [2.75, 3.05) is 5.32 Å². The van der Waals surface area contributed by atoms with Crippen molar-refractivity contribution >= 4 is 11.9 Å². The van der Waals surface area contributed by atoms with E-state index in [0.29, 0.717) is 17.7 Å². The Morgan fingerprint density at radius 3 is 3.06 bits per heavy atom. The third kappa shape index (κ3) is 1.82. The number of hydrogen-bond acceptors (Lipinski definition) is 3. The molecular weight excluding hydrogens is 218 g/mol. The van der Waals surface area contributed by atoms with Gasteiger partial charge in [0.25, 0.3) is 5.91 Å². The maximum absolute atomic E-state index is 12.0. The maximum Gasteiger partial charge on any atom is 0.274 e. The van der Waals surface area contributed by atoms with Crippen LogP contribution in [0.3, 0.4) is 0 Å². The Morgan fingerprint density at radius 2 is 2.41 bits per heavy atom. The highest BCUT2D eigenvalue weighted by molar-refractivity contribution is 6.02. The first kappa shape index (κ1) is 10.1. The van der Waals surface area contributed by atoms with Crippen molar-refractivity contribution in [3.05, 3.63) is 30.4 Å². The van der Waals surface area contributed by atoms with E-state index in [1.54, 1.807) is 0 Å². The third-order valence-electron chi connectivity index (χ3n) is 3.13. The molecule has 1 saturated carbocycles. The van der Waals surface area contributed by atoms with Gasteiger partial charge in [0.2, 0.25) is 5.95 Å². The van der Waals surface area contributed by atoms with Crippen LogP contribution in [-0.2, 0) is 0 Å². The Hall–Kier alpha value is -2.11. The minimum atomic E-state index is -0.154. The molecule has 2 aromatic heterocycles. The smallest absolute Gasteiger partial charge is 0.274 e. The zero-order chi connectivity index (χ0) is 11.7. The second-order valence-electron chi connectivity index (χ2n) is 4.17. The van der Waals surface area contributed by atoms with Crippen LogP contribution in [0.25, 0.3) is 0 Å². The van der Waals surface area contributed by atoms with Crippen molar-refractivity contribution in [3.8, 4) is 0 Å². The van der Waals surface area contributed by atoms with Crippen molar-refractivity contribution in [3.63, 3.8) is 0 Å². The zero-order valence-corrected chi connectivity index (χ0v) is 9.26. The quantitative estimate of drug-likeness (QED) is 0.842. The largest absolute Gasteiger partial charge is 0.340 e. The summed E-state index contributed by atoms with van der Waals surface area (Å²) in [6.07, 6.45) is 6.86. The molecule has 0 atom stereocenters. The first-order valence-electron chi connectivity index (χ1n) is 5.68. The molecule has 0 unspecified atom stereocenters. The average molecular weight is 231 g/mol. The predicted octanol–water partition coefficient (Wildman–Crippen LogP) is 1.58. The lowest BCUT2D eigenvalue weighted by Gasteiger charge is -2.28. The average Bonchev–Trinajstić information content (AvgIpc) is 2.85. The van der Waals surface area contributed by atoms with Gasteiger partial charge < -0.3 is 4.57 Å². The van der Waals surface area contributed by atoms with Crippen LogP contribution in [0.1, 0.15) is 35.8 Å². The molecule has 2 N–H and O–H groups in total. The number of nitrogens with one attached hydrogen (secondary N) is 2. The number of carbonyl (C=O) groups is 1. The number of anilines is 1. The highest BCUT2D eigenvalue weighted by atomic mass is 16.2. The first-order chi connectivity index (χ1) is 8.34. The summed E-state index contributed by atoms with van der Waals surface area (Å²) < 4.78 is 2.04. The van der Waals surface area contributed by atoms with Crippen molar-refractivity contribution in [1.29, 1.82) is 0 Å². The molecule has 1 aliphatic rings. The molecule has 0 aliphatic heterocycles. The molecular formula is C11H13N5O. The van der Waals surface area contributed by atoms with Crippen LogP contribution in [-0.4, -0.2) is 25.7 Å². The molecule has 2 heterocycles. The van der Waals surface area contributed by atoms with Gasteiger partial charge in [-0.15, -0.1) is 0 Å². The topological polar surface area (TPSA) is 75.6 Å². The number of aromatic amines is 1. The Kier molecular flexibility index (Phi) is 2.40. The molecule has 0 saturated heterocycles. The lowest BCUT2D eigenvalue weighted by atomic mass is 9.93. The van der Waals surface area contributed by atoms with Gasteiger partial charge in [0.15, 0.2) is 0 Å². The van der Waals surface area contributed by atoms with Gasteiger partial charge in [0, 0.05) is 12.2 Å². The summed E-state index contributed by atoms with van der Waals surface area (Å²) >= 11 is 0. The lowest BCUT2D eigenvalue weighted by Crippen LogP contribution is -2.23. The number of H-pyrrole nitrogens is 1.